The number of nitrogens with zero attached hydrogens (tertiary/aromatic N) is 1. The Morgan fingerprint density at radius 2 is 2.03 bits per heavy atom. The monoisotopic (exact) mass is 420 g/mol. The molecule has 168 valence electrons. The number of piperidine rings is 1. The first-order valence-corrected chi connectivity index (χ1v) is 12.4. The van der Waals surface area contributed by atoms with Crippen LogP contribution in [0.5, 0.6) is 0 Å². The van der Waals surface area contributed by atoms with Crippen LogP contribution in [0.15, 0.2) is 36.4 Å². The number of H-pyrrole nitrogens is 1. The number of aromatic nitrogens is 1. The SMILES string of the molecule is C/C=C\C(=C/CC)c1[nH]c2ccc(C3CCN(C4CCCOC4)CC3)cc2c1C(C)C. The summed E-state index contributed by atoms with van der Waals surface area (Å²) in [6.45, 7) is 13.3. The minimum Gasteiger partial charge on any atom is -0.380 e. The summed E-state index contributed by atoms with van der Waals surface area (Å²) < 4.78 is 5.73. The highest BCUT2D eigenvalue weighted by atomic mass is 16.5. The van der Waals surface area contributed by atoms with E-state index in [0.717, 1.165) is 19.6 Å². The molecule has 0 saturated carbocycles. The summed E-state index contributed by atoms with van der Waals surface area (Å²) in [6.07, 6.45) is 12.8. The molecule has 0 bridgehead atoms. The van der Waals surface area contributed by atoms with Crippen molar-refractivity contribution in [1.82, 2.24) is 9.88 Å². The van der Waals surface area contributed by atoms with Gasteiger partial charge in [0, 0.05) is 29.2 Å². The van der Waals surface area contributed by atoms with Crippen molar-refractivity contribution < 1.29 is 4.74 Å². The molecule has 1 aromatic carbocycles. The van der Waals surface area contributed by atoms with E-state index in [4.69, 9.17) is 4.74 Å². The van der Waals surface area contributed by atoms with Crippen LogP contribution in [0, 0.1) is 0 Å². The molecule has 2 fully saturated rings. The number of nitrogens with one attached hydrogen (secondary N) is 1. The van der Waals surface area contributed by atoms with E-state index >= 15 is 0 Å². The normalized spacial score (nSPS) is 22.2. The smallest absolute Gasteiger partial charge is 0.0621 e. The Labute approximate surface area is 188 Å². The Bertz CT molecular complexity index is 922. The van der Waals surface area contributed by atoms with Crippen molar-refractivity contribution in [2.75, 3.05) is 26.3 Å². The number of aromatic amines is 1. The third-order valence-electron chi connectivity index (χ3n) is 7.15. The van der Waals surface area contributed by atoms with Crippen molar-refractivity contribution in [3.8, 4) is 0 Å². The molecule has 0 radical (unpaired) electrons. The number of fused-ring (bicyclic) bond motifs is 1. The lowest BCUT2D eigenvalue weighted by molar-refractivity contribution is 0.00886. The number of ether oxygens (including phenoxy) is 1. The highest BCUT2D eigenvalue weighted by Gasteiger charge is 2.27. The van der Waals surface area contributed by atoms with Crippen LogP contribution < -0.4 is 0 Å². The molecule has 2 aliphatic heterocycles. The lowest BCUT2D eigenvalue weighted by atomic mass is 9.86. The van der Waals surface area contributed by atoms with E-state index in [1.807, 2.05) is 0 Å². The number of benzene rings is 1. The van der Waals surface area contributed by atoms with Crippen LogP contribution in [0.1, 0.15) is 88.5 Å². The van der Waals surface area contributed by atoms with Gasteiger partial charge in [0.2, 0.25) is 0 Å². The van der Waals surface area contributed by atoms with Crippen LogP contribution >= 0.6 is 0 Å². The zero-order chi connectivity index (χ0) is 21.8. The van der Waals surface area contributed by atoms with Crippen molar-refractivity contribution in [1.29, 1.82) is 0 Å². The summed E-state index contributed by atoms with van der Waals surface area (Å²) in [5.41, 5.74) is 6.87. The lowest BCUT2D eigenvalue weighted by Crippen LogP contribution is -2.45. The summed E-state index contributed by atoms with van der Waals surface area (Å²) in [7, 11) is 0. The molecule has 0 aliphatic carbocycles. The predicted octanol–water partition coefficient (Wildman–Crippen LogP) is 7.02. The fourth-order valence-electron chi connectivity index (χ4n) is 5.57. The molecule has 1 atom stereocenters. The van der Waals surface area contributed by atoms with E-state index in [0.29, 0.717) is 17.9 Å². The summed E-state index contributed by atoms with van der Waals surface area (Å²) in [5, 5.41) is 1.41. The van der Waals surface area contributed by atoms with E-state index in [-0.39, 0.29) is 0 Å². The van der Waals surface area contributed by atoms with E-state index in [1.54, 1.807) is 0 Å². The maximum atomic E-state index is 5.73. The lowest BCUT2D eigenvalue weighted by Gasteiger charge is -2.39. The third-order valence-corrected chi connectivity index (χ3v) is 7.15. The number of likely N-dealkylation sites (tertiary alicyclic amines) is 1. The molecule has 3 heterocycles. The second kappa shape index (κ2) is 10.2. The summed E-state index contributed by atoms with van der Waals surface area (Å²) >= 11 is 0. The Hall–Kier alpha value is -1.84. The Kier molecular flexibility index (Phi) is 7.35. The average Bonchev–Trinajstić information content (AvgIpc) is 3.18. The first kappa shape index (κ1) is 22.4. The van der Waals surface area contributed by atoms with Gasteiger partial charge in [-0.25, -0.2) is 0 Å². The maximum Gasteiger partial charge on any atom is 0.0621 e. The van der Waals surface area contributed by atoms with Crippen LogP contribution in [0.2, 0.25) is 0 Å². The van der Waals surface area contributed by atoms with Gasteiger partial charge >= 0.3 is 0 Å². The Balaban J connectivity index is 1.59. The van der Waals surface area contributed by atoms with Crippen molar-refractivity contribution in [3.05, 3.63) is 53.2 Å². The van der Waals surface area contributed by atoms with Gasteiger partial charge < -0.3 is 9.72 Å². The van der Waals surface area contributed by atoms with E-state index < -0.39 is 0 Å². The minimum atomic E-state index is 0.484. The highest BCUT2D eigenvalue weighted by molar-refractivity contribution is 5.92. The van der Waals surface area contributed by atoms with Gasteiger partial charge in [-0.05, 0) is 92.8 Å². The molecule has 1 aromatic heterocycles. The molecule has 2 aliphatic rings. The standard InChI is InChI=1S/C28H40N2O/c1-5-8-22(9-6-2)28-27(20(3)4)25-18-23(11-12-26(25)29-28)21-13-15-30(16-14-21)24-10-7-17-31-19-24/h5,8-9,11-12,18,20-21,24,29H,6-7,10,13-17,19H2,1-4H3/b8-5-,22-9+. The minimum absolute atomic E-state index is 0.484. The summed E-state index contributed by atoms with van der Waals surface area (Å²) in [4.78, 5) is 6.44. The molecule has 1 unspecified atom stereocenters. The van der Waals surface area contributed by atoms with Crippen LogP contribution in [0.25, 0.3) is 16.5 Å². The van der Waals surface area contributed by atoms with Gasteiger partial charge in [-0.2, -0.15) is 0 Å². The van der Waals surface area contributed by atoms with Crippen molar-refractivity contribution in [3.63, 3.8) is 0 Å². The van der Waals surface area contributed by atoms with Gasteiger partial charge in [-0.3, -0.25) is 4.90 Å². The first-order valence-electron chi connectivity index (χ1n) is 12.4. The molecular weight excluding hydrogens is 380 g/mol. The Morgan fingerprint density at radius 1 is 1.23 bits per heavy atom. The van der Waals surface area contributed by atoms with Crippen molar-refractivity contribution >= 4 is 16.5 Å². The van der Waals surface area contributed by atoms with Gasteiger partial charge in [0.25, 0.3) is 0 Å². The third kappa shape index (κ3) is 4.83. The van der Waals surface area contributed by atoms with Crippen LogP contribution in [0.4, 0.5) is 0 Å². The molecule has 0 spiro atoms. The number of rotatable bonds is 6. The summed E-state index contributed by atoms with van der Waals surface area (Å²) in [5.74, 6) is 1.15. The van der Waals surface area contributed by atoms with Gasteiger partial charge in [0.15, 0.2) is 0 Å². The number of hydrogen-bond donors (Lipinski definition) is 1. The molecule has 4 rings (SSSR count). The fraction of sp³-hybridized carbons (Fsp3) is 0.571. The zero-order valence-corrected chi connectivity index (χ0v) is 19.9. The van der Waals surface area contributed by atoms with Crippen LogP contribution in [-0.2, 0) is 4.74 Å². The highest BCUT2D eigenvalue weighted by Crippen LogP contribution is 2.37. The van der Waals surface area contributed by atoms with Crippen molar-refractivity contribution in [2.45, 2.75) is 77.7 Å². The molecule has 3 nitrogen and oxygen atoms in total. The zero-order valence-electron chi connectivity index (χ0n) is 19.9. The summed E-state index contributed by atoms with van der Waals surface area (Å²) in [6, 6.07) is 7.83. The van der Waals surface area contributed by atoms with Crippen LogP contribution in [-0.4, -0.2) is 42.2 Å². The largest absolute Gasteiger partial charge is 0.380 e. The van der Waals surface area contributed by atoms with Crippen molar-refractivity contribution in [2.24, 2.45) is 0 Å². The van der Waals surface area contributed by atoms with E-state index in [9.17, 15) is 0 Å². The number of allylic oxidation sites excluding steroid dienone is 4. The average molecular weight is 421 g/mol. The molecule has 3 heteroatoms. The predicted molar refractivity (Wildman–Crippen MR) is 133 cm³/mol. The first-order chi connectivity index (χ1) is 15.1. The molecule has 2 aromatic rings. The topological polar surface area (TPSA) is 28.3 Å². The molecular formula is C28H40N2O. The van der Waals surface area contributed by atoms with E-state index in [2.05, 4.69) is 74.0 Å². The van der Waals surface area contributed by atoms with Gasteiger partial charge in [-0.15, -0.1) is 0 Å². The van der Waals surface area contributed by atoms with E-state index in [1.165, 1.54) is 72.1 Å². The number of hydrogen-bond acceptors (Lipinski definition) is 2. The Morgan fingerprint density at radius 3 is 2.68 bits per heavy atom. The van der Waals surface area contributed by atoms with Gasteiger partial charge in [0.05, 0.1) is 6.61 Å². The van der Waals surface area contributed by atoms with Gasteiger partial charge in [0.1, 0.15) is 0 Å². The van der Waals surface area contributed by atoms with Crippen LogP contribution in [0.3, 0.4) is 0 Å². The molecule has 2 saturated heterocycles. The second-order valence-corrected chi connectivity index (χ2v) is 9.62. The molecule has 1 N–H and O–H groups in total. The fourth-order valence-corrected chi connectivity index (χ4v) is 5.57. The quantitative estimate of drug-likeness (QED) is 0.509. The molecule has 31 heavy (non-hydrogen) atoms. The van der Waals surface area contributed by atoms with Gasteiger partial charge in [-0.1, -0.05) is 45.1 Å². The molecule has 0 amide bonds. The maximum absolute atomic E-state index is 5.73. The second-order valence-electron chi connectivity index (χ2n) is 9.62.